The summed E-state index contributed by atoms with van der Waals surface area (Å²) >= 11 is 6.81. The number of carbonyl (C=O) groups is 2. The molecule has 0 unspecified atom stereocenters. The average Bonchev–Trinajstić information content (AvgIpc) is 2.82. The molecule has 8 heteroatoms. The Morgan fingerprint density at radius 3 is 2.41 bits per heavy atom. The summed E-state index contributed by atoms with van der Waals surface area (Å²) in [6.45, 7) is 0. The maximum atomic E-state index is 10.8. The number of aromatic carboxylic acids is 2. The van der Waals surface area contributed by atoms with Gasteiger partial charge in [-0.2, -0.15) is 0 Å². The van der Waals surface area contributed by atoms with Crippen LogP contribution in [0.3, 0.4) is 0 Å². The molecule has 17 heavy (non-hydrogen) atoms. The van der Waals surface area contributed by atoms with Crippen molar-refractivity contribution in [1.29, 1.82) is 0 Å². The van der Waals surface area contributed by atoms with Crippen LogP contribution in [-0.2, 0) is 0 Å². The molecule has 2 aromatic rings. The van der Waals surface area contributed by atoms with Gasteiger partial charge in [0.05, 0.1) is 9.21 Å². The lowest BCUT2D eigenvalue weighted by Gasteiger charge is -1.87. The molecule has 2 aromatic heterocycles. The van der Waals surface area contributed by atoms with Gasteiger partial charge in [-0.3, -0.25) is 0 Å². The fourth-order valence-corrected chi connectivity index (χ4v) is 2.11. The van der Waals surface area contributed by atoms with Crippen LogP contribution in [0.1, 0.15) is 21.0 Å². The molecule has 0 aliphatic carbocycles. The Balaban J connectivity index is 2.54. The molecule has 0 fully saturated rings. The largest absolute Gasteiger partial charge is 0.476 e. The molecule has 0 aliphatic rings. The molecule has 0 atom stereocenters. The Morgan fingerprint density at radius 1 is 1.29 bits per heavy atom. The molecule has 2 heterocycles. The van der Waals surface area contributed by atoms with Crippen LogP contribution in [0, 0.1) is 0 Å². The highest BCUT2D eigenvalue weighted by Crippen LogP contribution is 2.31. The third-order valence-electron chi connectivity index (χ3n) is 1.81. The fourth-order valence-electron chi connectivity index (χ4n) is 1.14. The predicted molar refractivity (Wildman–Crippen MR) is 58.7 cm³/mol. The lowest BCUT2D eigenvalue weighted by molar-refractivity contribution is 0.0624. The second kappa shape index (κ2) is 4.19. The molecule has 0 aromatic carbocycles. The topological polar surface area (TPSA) is 101 Å². The van der Waals surface area contributed by atoms with E-state index in [0.717, 1.165) is 11.3 Å². The minimum Gasteiger partial charge on any atom is -0.476 e. The number of aromatic nitrogens is 1. The van der Waals surface area contributed by atoms with Gasteiger partial charge in [0.2, 0.25) is 17.3 Å². The lowest BCUT2D eigenvalue weighted by atomic mass is 10.3. The smallest absolute Gasteiger partial charge is 0.374 e. The van der Waals surface area contributed by atoms with Gasteiger partial charge in [0.25, 0.3) is 0 Å². The number of thiophene rings is 1. The summed E-state index contributed by atoms with van der Waals surface area (Å²) in [4.78, 5) is 25.6. The minimum atomic E-state index is -1.48. The number of nitrogens with zero attached hydrogens (tertiary/aromatic N) is 1. The van der Waals surface area contributed by atoms with Gasteiger partial charge in [0.1, 0.15) is 0 Å². The van der Waals surface area contributed by atoms with Crippen molar-refractivity contribution in [2.45, 2.75) is 0 Å². The summed E-state index contributed by atoms with van der Waals surface area (Å²) in [5, 5.41) is 17.5. The van der Waals surface area contributed by atoms with Crippen molar-refractivity contribution >= 4 is 34.9 Å². The molecule has 2 rings (SSSR count). The van der Waals surface area contributed by atoms with Crippen molar-refractivity contribution in [3.63, 3.8) is 0 Å². The van der Waals surface area contributed by atoms with E-state index in [-0.39, 0.29) is 5.89 Å². The van der Waals surface area contributed by atoms with E-state index in [1.807, 2.05) is 0 Å². The normalized spacial score (nSPS) is 10.4. The van der Waals surface area contributed by atoms with E-state index in [4.69, 9.17) is 26.2 Å². The number of oxazole rings is 1. The Kier molecular flexibility index (Phi) is 2.86. The lowest BCUT2D eigenvalue weighted by Crippen LogP contribution is -2.05. The maximum Gasteiger partial charge on any atom is 0.374 e. The van der Waals surface area contributed by atoms with E-state index in [1.54, 1.807) is 12.1 Å². The summed E-state index contributed by atoms with van der Waals surface area (Å²) in [6.07, 6.45) is 0. The van der Waals surface area contributed by atoms with E-state index in [9.17, 15) is 9.59 Å². The van der Waals surface area contributed by atoms with Crippen LogP contribution in [-0.4, -0.2) is 27.1 Å². The number of carboxylic acids is 2. The summed E-state index contributed by atoms with van der Waals surface area (Å²) in [5.41, 5.74) is -0.628. The van der Waals surface area contributed by atoms with Crippen LogP contribution in [0.4, 0.5) is 0 Å². The van der Waals surface area contributed by atoms with Crippen LogP contribution in [0.15, 0.2) is 16.5 Å². The molecular weight excluding hydrogens is 270 g/mol. The molecule has 2 N–H and O–H groups in total. The molecule has 6 nitrogen and oxygen atoms in total. The second-order valence-electron chi connectivity index (χ2n) is 2.91. The minimum absolute atomic E-state index is 0.0725. The monoisotopic (exact) mass is 273 g/mol. The summed E-state index contributed by atoms with van der Waals surface area (Å²) in [5.74, 6) is -3.71. The highest BCUT2D eigenvalue weighted by molar-refractivity contribution is 7.19. The Morgan fingerprint density at radius 2 is 2.00 bits per heavy atom. The molecule has 0 aliphatic heterocycles. The van der Waals surface area contributed by atoms with Gasteiger partial charge in [-0.05, 0) is 12.1 Å². The number of rotatable bonds is 3. The third kappa shape index (κ3) is 2.15. The van der Waals surface area contributed by atoms with Gasteiger partial charge in [0.15, 0.2) is 0 Å². The molecule has 0 radical (unpaired) electrons. The van der Waals surface area contributed by atoms with Crippen molar-refractivity contribution in [3.05, 3.63) is 27.9 Å². The van der Waals surface area contributed by atoms with Crippen LogP contribution in [0.5, 0.6) is 0 Å². The van der Waals surface area contributed by atoms with E-state index < -0.39 is 23.4 Å². The van der Waals surface area contributed by atoms with Crippen molar-refractivity contribution in [3.8, 4) is 10.8 Å². The first kappa shape index (κ1) is 11.6. The molecule has 0 bridgehead atoms. The van der Waals surface area contributed by atoms with Crippen LogP contribution in [0.2, 0.25) is 4.34 Å². The van der Waals surface area contributed by atoms with Gasteiger partial charge in [0, 0.05) is 0 Å². The van der Waals surface area contributed by atoms with E-state index in [2.05, 4.69) is 4.98 Å². The molecule has 88 valence electrons. The van der Waals surface area contributed by atoms with Gasteiger partial charge in [-0.15, -0.1) is 11.3 Å². The Labute approximate surface area is 103 Å². The predicted octanol–water partition coefficient (Wildman–Crippen LogP) is 2.45. The van der Waals surface area contributed by atoms with Gasteiger partial charge in [-0.1, -0.05) is 11.6 Å². The van der Waals surface area contributed by atoms with Gasteiger partial charge >= 0.3 is 11.9 Å². The third-order valence-corrected chi connectivity index (χ3v) is 3.03. The first-order valence-electron chi connectivity index (χ1n) is 4.22. The van der Waals surface area contributed by atoms with E-state index >= 15 is 0 Å². The highest BCUT2D eigenvalue weighted by atomic mass is 35.5. The van der Waals surface area contributed by atoms with Gasteiger partial charge in [-0.25, -0.2) is 14.6 Å². The van der Waals surface area contributed by atoms with Crippen LogP contribution in [0.25, 0.3) is 10.8 Å². The zero-order valence-electron chi connectivity index (χ0n) is 8.01. The number of hydrogen-bond acceptors (Lipinski definition) is 5. The quantitative estimate of drug-likeness (QED) is 0.891. The molecule has 0 saturated carbocycles. The second-order valence-corrected chi connectivity index (χ2v) is 4.63. The van der Waals surface area contributed by atoms with Crippen molar-refractivity contribution in [2.24, 2.45) is 0 Å². The number of halogens is 1. The zero-order chi connectivity index (χ0) is 12.6. The van der Waals surface area contributed by atoms with Crippen molar-refractivity contribution < 1.29 is 24.2 Å². The van der Waals surface area contributed by atoms with E-state index in [1.165, 1.54) is 0 Å². The Hall–Kier alpha value is -1.86. The highest BCUT2D eigenvalue weighted by Gasteiger charge is 2.25. The van der Waals surface area contributed by atoms with Crippen molar-refractivity contribution in [1.82, 2.24) is 4.98 Å². The first-order valence-corrected chi connectivity index (χ1v) is 5.41. The Bertz CT molecular complexity index is 571. The van der Waals surface area contributed by atoms with Crippen LogP contribution >= 0.6 is 22.9 Å². The van der Waals surface area contributed by atoms with Crippen LogP contribution < -0.4 is 0 Å². The maximum absolute atomic E-state index is 10.8. The standard InChI is InChI=1S/C9H4ClNO5S/c10-4-2-1-3(17-4)7-11-5(8(12)13)6(16-7)9(14)15/h1-2H,(H,12,13)(H,14,15). The molecule has 0 saturated heterocycles. The van der Waals surface area contributed by atoms with Crippen molar-refractivity contribution in [2.75, 3.05) is 0 Å². The molecular formula is C9H4ClNO5S. The number of hydrogen-bond donors (Lipinski definition) is 2. The molecule has 0 spiro atoms. The SMILES string of the molecule is O=C(O)c1nc(-c2ccc(Cl)s2)oc1C(=O)O. The molecule has 0 amide bonds. The average molecular weight is 274 g/mol. The summed E-state index contributed by atoms with van der Waals surface area (Å²) in [6, 6.07) is 3.14. The summed E-state index contributed by atoms with van der Waals surface area (Å²) in [7, 11) is 0. The fraction of sp³-hybridized carbons (Fsp3) is 0. The zero-order valence-corrected chi connectivity index (χ0v) is 9.58. The van der Waals surface area contributed by atoms with E-state index in [0.29, 0.717) is 9.21 Å². The first-order chi connectivity index (χ1) is 7.99. The summed E-state index contributed by atoms with van der Waals surface area (Å²) < 4.78 is 5.36. The van der Waals surface area contributed by atoms with Gasteiger partial charge < -0.3 is 14.6 Å². The number of carboxylic acid groups (broad SMARTS) is 2.